The van der Waals surface area contributed by atoms with E-state index in [1.807, 2.05) is 0 Å². The Morgan fingerprint density at radius 2 is 0.526 bits per heavy atom. The summed E-state index contributed by atoms with van der Waals surface area (Å²) in [4.78, 5) is 71.5. The zero-order chi connectivity index (χ0) is 56.2. The van der Waals surface area contributed by atoms with Gasteiger partial charge in [0.05, 0.1) is 26.4 Å². The summed E-state index contributed by atoms with van der Waals surface area (Å²) in [5.41, 5.74) is 0. The van der Waals surface area contributed by atoms with Crippen LogP contribution in [-0.2, 0) is 65.4 Å². The molecule has 0 radical (unpaired) electrons. The fourth-order valence-electron chi connectivity index (χ4n) is 8.40. The smallest absolute Gasteiger partial charge is 0.462 e. The number of hydrogen-bond acceptors (Lipinski definition) is 15. The van der Waals surface area contributed by atoms with Crippen LogP contribution in [-0.4, -0.2) is 96.7 Å². The van der Waals surface area contributed by atoms with E-state index in [1.54, 1.807) is 0 Å². The maximum absolute atomic E-state index is 12.9. The molecule has 2 unspecified atom stereocenters. The first-order valence-corrected chi connectivity index (χ1v) is 33.3. The quantitative estimate of drug-likeness (QED) is 0.0222. The molecule has 0 aliphatic carbocycles. The van der Waals surface area contributed by atoms with Gasteiger partial charge >= 0.3 is 39.5 Å². The molecule has 0 aromatic heterocycles. The zero-order valence-electron chi connectivity index (χ0n) is 48.2. The van der Waals surface area contributed by atoms with Crippen molar-refractivity contribution in [3.63, 3.8) is 0 Å². The first-order chi connectivity index (χ1) is 36.7. The molecule has 0 aliphatic rings. The van der Waals surface area contributed by atoms with Gasteiger partial charge in [-0.1, -0.05) is 233 Å². The van der Waals surface area contributed by atoms with Gasteiger partial charge in [-0.2, -0.15) is 0 Å². The molecule has 0 amide bonds. The normalized spacial score (nSPS) is 14.4. The highest BCUT2D eigenvalue weighted by Crippen LogP contribution is 2.45. The molecule has 5 atom stereocenters. The molecule has 0 aromatic rings. The van der Waals surface area contributed by atoms with Gasteiger partial charge in [0.2, 0.25) is 0 Å². The summed E-state index contributed by atoms with van der Waals surface area (Å²) in [6.07, 6.45) is 35.1. The van der Waals surface area contributed by atoms with Crippen molar-refractivity contribution in [2.24, 2.45) is 0 Å². The molecule has 3 N–H and O–H groups in total. The van der Waals surface area contributed by atoms with Gasteiger partial charge in [0.1, 0.15) is 19.3 Å². The van der Waals surface area contributed by atoms with Gasteiger partial charge in [-0.05, 0) is 25.7 Å². The first-order valence-electron chi connectivity index (χ1n) is 30.3. The van der Waals surface area contributed by atoms with E-state index in [9.17, 15) is 43.2 Å². The van der Waals surface area contributed by atoms with Crippen molar-refractivity contribution in [3.05, 3.63) is 0 Å². The van der Waals surface area contributed by atoms with Gasteiger partial charge in [-0.15, -0.1) is 0 Å². The van der Waals surface area contributed by atoms with Crippen LogP contribution in [0.15, 0.2) is 0 Å². The molecule has 0 aromatic carbocycles. The number of phosphoric ester groups is 2. The summed E-state index contributed by atoms with van der Waals surface area (Å²) < 4.78 is 67.4. The van der Waals surface area contributed by atoms with Crippen LogP contribution in [0.1, 0.15) is 285 Å². The van der Waals surface area contributed by atoms with Gasteiger partial charge in [0, 0.05) is 25.7 Å². The summed E-state index contributed by atoms with van der Waals surface area (Å²) >= 11 is 0. The average Bonchev–Trinajstić information content (AvgIpc) is 3.39. The highest BCUT2D eigenvalue weighted by molar-refractivity contribution is 7.47. The molecule has 0 rings (SSSR count). The lowest BCUT2D eigenvalue weighted by Gasteiger charge is -2.21. The predicted molar refractivity (Wildman–Crippen MR) is 299 cm³/mol. The van der Waals surface area contributed by atoms with Crippen molar-refractivity contribution in [3.8, 4) is 0 Å². The number of unbranched alkanes of at least 4 members (excludes halogenated alkanes) is 32. The third kappa shape index (κ3) is 51.5. The predicted octanol–water partition coefficient (Wildman–Crippen LogP) is 15.2. The lowest BCUT2D eigenvalue weighted by Crippen LogP contribution is -2.30. The standard InChI is InChI=1S/C57H110O17P2/c1-5-9-13-17-20-23-25-26-29-32-36-40-44-57(62)74-53(48-68-54(59)41-37-34-30-27-22-19-15-11-7-3)50-72-76(65,66)70-46-51(58)45-69-75(63,64)71-49-52(73-56(61)43-39-33-16-12-8-4)47-67-55(60)42-38-35-31-28-24-21-18-14-10-6-2/h51-53,58H,5-50H2,1-4H3,(H,63,64)(H,65,66)/t51-,52-,53-/m1/s1. The summed E-state index contributed by atoms with van der Waals surface area (Å²) in [6.45, 7) is 4.73. The molecule has 0 aliphatic heterocycles. The van der Waals surface area contributed by atoms with E-state index in [4.69, 9.17) is 37.0 Å². The van der Waals surface area contributed by atoms with E-state index in [2.05, 4.69) is 27.7 Å². The minimum absolute atomic E-state index is 0.100. The van der Waals surface area contributed by atoms with Crippen LogP contribution in [0, 0.1) is 0 Å². The van der Waals surface area contributed by atoms with Crippen molar-refractivity contribution in [2.75, 3.05) is 39.6 Å². The molecule has 0 bridgehead atoms. The van der Waals surface area contributed by atoms with Crippen LogP contribution in [0.5, 0.6) is 0 Å². The van der Waals surface area contributed by atoms with Gasteiger partial charge in [-0.3, -0.25) is 37.3 Å². The van der Waals surface area contributed by atoms with Crippen molar-refractivity contribution in [2.45, 2.75) is 303 Å². The largest absolute Gasteiger partial charge is 0.472 e. The Labute approximate surface area is 460 Å². The molecule has 0 saturated carbocycles. The number of aliphatic hydroxyl groups is 1. The van der Waals surface area contributed by atoms with Crippen LogP contribution in [0.2, 0.25) is 0 Å². The summed E-state index contributed by atoms with van der Waals surface area (Å²) in [5, 5.41) is 10.5. The molecule has 76 heavy (non-hydrogen) atoms. The lowest BCUT2D eigenvalue weighted by molar-refractivity contribution is -0.161. The van der Waals surface area contributed by atoms with Gasteiger partial charge in [0.25, 0.3) is 0 Å². The molecule has 0 saturated heterocycles. The van der Waals surface area contributed by atoms with Crippen LogP contribution in [0.3, 0.4) is 0 Å². The summed E-state index contributed by atoms with van der Waals surface area (Å²) in [5.74, 6) is -2.15. The van der Waals surface area contributed by atoms with Crippen LogP contribution >= 0.6 is 15.6 Å². The Morgan fingerprint density at radius 1 is 0.316 bits per heavy atom. The molecular formula is C57H110O17P2. The van der Waals surface area contributed by atoms with E-state index < -0.39 is 97.5 Å². The number of esters is 4. The third-order valence-corrected chi connectivity index (χ3v) is 15.0. The number of phosphoric acid groups is 2. The number of carbonyl (C=O) groups is 4. The van der Waals surface area contributed by atoms with Crippen LogP contribution < -0.4 is 0 Å². The molecule has 0 heterocycles. The van der Waals surface area contributed by atoms with Crippen molar-refractivity contribution < 1.29 is 80.2 Å². The Kier molecular flexibility index (Phi) is 51.1. The Hall–Kier alpha value is -1.94. The fraction of sp³-hybridized carbons (Fsp3) is 0.930. The zero-order valence-corrected chi connectivity index (χ0v) is 50.0. The molecular weight excluding hydrogens is 1020 g/mol. The monoisotopic (exact) mass is 1130 g/mol. The second-order valence-electron chi connectivity index (χ2n) is 20.7. The minimum atomic E-state index is -4.93. The second kappa shape index (κ2) is 52.4. The third-order valence-electron chi connectivity index (χ3n) is 13.1. The van der Waals surface area contributed by atoms with E-state index >= 15 is 0 Å². The molecule has 0 spiro atoms. The average molecular weight is 1130 g/mol. The Bertz CT molecular complexity index is 1490. The van der Waals surface area contributed by atoms with Crippen LogP contribution in [0.4, 0.5) is 0 Å². The van der Waals surface area contributed by atoms with E-state index in [-0.39, 0.29) is 25.7 Å². The Morgan fingerprint density at radius 3 is 0.776 bits per heavy atom. The number of rotatable bonds is 58. The van der Waals surface area contributed by atoms with E-state index in [0.29, 0.717) is 25.7 Å². The van der Waals surface area contributed by atoms with Crippen LogP contribution in [0.25, 0.3) is 0 Å². The first kappa shape index (κ1) is 74.1. The number of aliphatic hydroxyl groups excluding tert-OH is 1. The number of ether oxygens (including phenoxy) is 4. The van der Waals surface area contributed by atoms with Crippen molar-refractivity contribution in [1.29, 1.82) is 0 Å². The van der Waals surface area contributed by atoms with Gasteiger partial charge < -0.3 is 33.8 Å². The molecule has 19 heteroatoms. The fourth-order valence-corrected chi connectivity index (χ4v) is 9.98. The summed E-state index contributed by atoms with van der Waals surface area (Å²) in [7, 11) is -9.86. The highest BCUT2D eigenvalue weighted by atomic mass is 31.2. The number of carbonyl (C=O) groups excluding carboxylic acids is 4. The van der Waals surface area contributed by atoms with E-state index in [1.165, 1.54) is 116 Å². The maximum atomic E-state index is 12.9. The minimum Gasteiger partial charge on any atom is -0.462 e. The summed E-state index contributed by atoms with van der Waals surface area (Å²) in [6, 6.07) is 0. The maximum Gasteiger partial charge on any atom is 0.472 e. The molecule has 450 valence electrons. The van der Waals surface area contributed by atoms with Gasteiger partial charge in [-0.25, -0.2) is 9.13 Å². The van der Waals surface area contributed by atoms with Crippen molar-refractivity contribution >= 4 is 39.5 Å². The second-order valence-corrected chi connectivity index (χ2v) is 23.6. The van der Waals surface area contributed by atoms with Crippen molar-refractivity contribution in [1.82, 2.24) is 0 Å². The van der Waals surface area contributed by atoms with Gasteiger partial charge in [0.15, 0.2) is 12.2 Å². The molecule has 17 nitrogen and oxygen atoms in total. The highest BCUT2D eigenvalue weighted by Gasteiger charge is 2.30. The Balaban J connectivity index is 5.14. The van der Waals surface area contributed by atoms with E-state index in [0.717, 1.165) is 89.9 Å². The molecule has 0 fully saturated rings. The lowest BCUT2D eigenvalue weighted by atomic mass is 10.0. The topological polar surface area (TPSA) is 237 Å². The number of hydrogen-bond donors (Lipinski definition) is 3. The SMILES string of the molecule is CCCCCCCCCCCCCCC(=O)O[C@H](COC(=O)CCCCCCCCCCC)COP(=O)(O)OC[C@H](O)COP(=O)(O)OC[C@@H](COC(=O)CCCCCCCCCCCC)OC(=O)CCCCCCC.